The van der Waals surface area contributed by atoms with Gasteiger partial charge < -0.3 is 9.30 Å². The van der Waals surface area contributed by atoms with E-state index >= 15 is 0 Å². The third kappa shape index (κ3) is 6.18. The Hall–Kier alpha value is -1.65. The lowest BCUT2D eigenvalue weighted by molar-refractivity contribution is 0.0341. The summed E-state index contributed by atoms with van der Waals surface area (Å²) in [5, 5.41) is 0. The Morgan fingerprint density at radius 1 is 1.11 bits per heavy atom. The molecule has 0 bridgehead atoms. The number of ether oxygens (including phenoxy) is 1. The van der Waals surface area contributed by atoms with Gasteiger partial charge in [0.25, 0.3) is 6.43 Å². The Morgan fingerprint density at radius 2 is 1.82 bits per heavy atom. The van der Waals surface area contributed by atoms with Crippen LogP contribution in [0.2, 0.25) is 0 Å². The van der Waals surface area contributed by atoms with E-state index in [4.69, 9.17) is 4.74 Å². The van der Waals surface area contributed by atoms with Gasteiger partial charge in [-0.15, -0.1) is 24.0 Å². The molecule has 1 aliphatic rings. The first kappa shape index (κ1) is 22.6. The molecule has 0 unspecified atom stereocenters. The molecule has 1 saturated heterocycles. The van der Waals surface area contributed by atoms with Gasteiger partial charge in [-0.25, -0.2) is 18.2 Å². The van der Waals surface area contributed by atoms with Gasteiger partial charge in [0.05, 0.1) is 30.6 Å². The largest absolute Gasteiger partial charge is 0.379 e. The highest BCUT2D eigenvalue weighted by Crippen LogP contribution is 2.22. The molecule has 4 rings (SSSR count). The number of morpholine rings is 1. The lowest BCUT2D eigenvalue weighted by Crippen LogP contribution is -2.35. The van der Waals surface area contributed by atoms with Crippen molar-refractivity contribution in [1.82, 2.24) is 14.5 Å². The Kier molecular flexibility index (Phi) is 8.71. The molecule has 3 aromatic rings. The van der Waals surface area contributed by atoms with Crippen LogP contribution >= 0.6 is 24.0 Å². The number of hydrogen-bond acceptors (Lipinski definition) is 3. The van der Waals surface area contributed by atoms with Gasteiger partial charge in [0.1, 0.15) is 5.82 Å². The van der Waals surface area contributed by atoms with E-state index in [9.17, 15) is 13.2 Å². The van der Waals surface area contributed by atoms with E-state index in [1.165, 1.54) is 17.6 Å². The topological polar surface area (TPSA) is 30.3 Å². The fourth-order valence-electron chi connectivity index (χ4n) is 2.99. The van der Waals surface area contributed by atoms with Crippen molar-refractivity contribution >= 4 is 35.0 Å². The summed E-state index contributed by atoms with van der Waals surface area (Å²) in [5.41, 5.74) is 2.57. The molecule has 4 nitrogen and oxygen atoms in total. The summed E-state index contributed by atoms with van der Waals surface area (Å²) in [6, 6.07) is 11.6. The monoisotopic (exact) mass is 505 g/mol. The van der Waals surface area contributed by atoms with E-state index in [2.05, 4.69) is 16.0 Å². The van der Waals surface area contributed by atoms with Gasteiger partial charge in [0, 0.05) is 32.2 Å². The zero-order valence-electron chi connectivity index (χ0n) is 15.5. The maximum atomic E-state index is 13.2. The molecule has 1 aromatic heterocycles. The summed E-state index contributed by atoms with van der Waals surface area (Å²) < 4.78 is 45.4. The maximum Gasteiger partial charge on any atom is 0.263 e. The maximum absolute atomic E-state index is 13.2. The van der Waals surface area contributed by atoms with E-state index < -0.39 is 12.2 Å². The van der Waals surface area contributed by atoms with Crippen molar-refractivity contribution in [3.8, 4) is 0 Å². The van der Waals surface area contributed by atoms with Gasteiger partial charge >= 0.3 is 0 Å². The van der Waals surface area contributed by atoms with Crippen molar-refractivity contribution in [3.63, 3.8) is 0 Å². The number of aryl methyl sites for hydroxylation is 1. The highest BCUT2D eigenvalue weighted by molar-refractivity contribution is 14.0. The van der Waals surface area contributed by atoms with Gasteiger partial charge in [0.2, 0.25) is 0 Å². The second-order valence-corrected chi connectivity index (χ2v) is 6.43. The normalized spacial score (nSPS) is 14.5. The summed E-state index contributed by atoms with van der Waals surface area (Å²) in [4.78, 5) is 6.24. The number of hydrogen-bond donors (Lipinski definition) is 0. The molecule has 2 aromatic carbocycles. The van der Waals surface area contributed by atoms with Crippen LogP contribution in [0.3, 0.4) is 0 Å². The molecule has 8 heteroatoms. The second kappa shape index (κ2) is 10.8. The fraction of sp³-hybridized carbons (Fsp3) is 0.350. The summed E-state index contributed by atoms with van der Waals surface area (Å²) >= 11 is 0. The first-order chi connectivity index (χ1) is 13.0. The Morgan fingerprint density at radius 3 is 2.50 bits per heavy atom. The smallest absolute Gasteiger partial charge is 0.263 e. The molecular weight excluding hydrogens is 482 g/mol. The number of aromatic nitrogens is 2. The van der Waals surface area contributed by atoms with Gasteiger partial charge in [-0.2, -0.15) is 0 Å². The molecule has 0 radical (unpaired) electrons. The van der Waals surface area contributed by atoms with Crippen LogP contribution in [0.5, 0.6) is 0 Å². The third-order valence-corrected chi connectivity index (χ3v) is 4.37. The first-order valence-corrected chi connectivity index (χ1v) is 8.76. The Bertz CT molecular complexity index is 882. The molecule has 0 amide bonds. The zero-order valence-corrected chi connectivity index (χ0v) is 17.9. The summed E-state index contributed by atoms with van der Waals surface area (Å²) in [6.45, 7) is 3.26. The molecular formula is C20H23F3IN3O. The summed E-state index contributed by atoms with van der Waals surface area (Å²) in [6.07, 6.45) is -0.806. The van der Waals surface area contributed by atoms with Crippen LogP contribution in [0.15, 0.2) is 48.8 Å². The van der Waals surface area contributed by atoms with E-state index in [0.717, 1.165) is 24.7 Å². The molecule has 2 heterocycles. The number of alkyl halides is 2. The van der Waals surface area contributed by atoms with Gasteiger partial charge in [-0.3, -0.25) is 4.90 Å². The quantitative estimate of drug-likeness (QED) is 0.480. The molecule has 0 N–H and O–H groups in total. The van der Waals surface area contributed by atoms with Crippen molar-refractivity contribution in [2.24, 2.45) is 7.05 Å². The van der Waals surface area contributed by atoms with Crippen LogP contribution in [-0.4, -0.2) is 40.8 Å². The molecule has 28 heavy (non-hydrogen) atoms. The van der Waals surface area contributed by atoms with Gasteiger partial charge in [-0.1, -0.05) is 12.1 Å². The number of benzene rings is 2. The number of para-hydroxylation sites is 2. The minimum Gasteiger partial charge on any atom is -0.379 e. The highest BCUT2D eigenvalue weighted by Gasteiger charge is 2.14. The van der Waals surface area contributed by atoms with Crippen molar-refractivity contribution in [2.45, 2.75) is 13.0 Å². The number of halogens is 4. The Balaban J connectivity index is 0.000000217. The van der Waals surface area contributed by atoms with Crippen LogP contribution in [-0.2, 0) is 18.3 Å². The van der Waals surface area contributed by atoms with Gasteiger partial charge in [-0.05, 0) is 35.9 Å². The van der Waals surface area contributed by atoms with Gasteiger partial charge in [0.15, 0.2) is 0 Å². The van der Waals surface area contributed by atoms with E-state index in [0.29, 0.717) is 25.3 Å². The highest BCUT2D eigenvalue weighted by atomic mass is 127. The molecule has 0 saturated carbocycles. The Labute approximate surface area is 179 Å². The average molecular weight is 505 g/mol. The van der Waals surface area contributed by atoms with Crippen molar-refractivity contribution in [2.75, 3.05) is 26.3 Å². The van der Waals surface area contributed by atoms with Crippen molar-refractivity contribution < 1.29 is 17.9 Å². The zero-order chi connectivity index (χ0) is 19.2. The van der Waals surface area contributed by atoms with Crippen molar-refractivity contribution in [3.05, 3.63) is 65.7 Å². The minimum atomic E-state index is -2.63. The van der Waals surface area contributed by atoms with Crippen molar-refractivity contribution in [1.29, 1.82) is 0 Å². The average Bonchev–Trinajstić information content (AvgIpc) is 3.04. The number of rotatable bonds is 3. The predicted molar refractivity (Wildman–Crippen MR) is 114 cm³/mol. The predicted octanol–water partition coefficient (Wildman–Crippen LogP) is 4.79. The molecule has 1 fully saturated rings. The van der Waals surface area contributed by atoms with E-state index in [1.807, 2.05) is 36.1 Å². The van der Waals surface area contributed by atoms with Crippen LogP contribution in [0, 0.1) is 5.82 Å². The number of imidazole rings is 1. The molecule has 152 valence electrons. The molecule has 0 spiro atoms. The summed E-state index contributed by atoms with van der Waals surface area (Å²) in [7, 11) is 2.00. The second-order valence-electron chi connectivity index (χ2n) is 6.43. The molecule has 1 aliphatic heterocycles. The van der Waals surface area contributed by atoms with E-state index in [-0.39, 0.29) is 29.5 Å². The molecule has 0 atom stereocenters. The minimum absolute atomic E-state index is 0. The third-order valence-electron chi connectivity index (χ3n) is 4.37. The fourth-order valence-corrected chi connectivity index (χ4v) is 2.99. The summed E-state index contributed by atoms with van der Waals surface area (Å²) in [5.74, 6) is -0.606. The van der Waals surface area contributed by atoms with Crippen LogP contribution in [0.4, 0.5) is 13.2 Å². The van der Waals surface area contributed by atoms with Crippen LogP contribution in [0.25, 0.3) is 11.0 Å². The standard InChI is InChI=1S/C12H14F3NO.C8H8N2.HI/c13-11-6-9(5-10(7-11)12(14)15)8-16-1-3-17-4-2-16;1-10-6-9-7-4-2-3-5-8(7)10;/h5-7,12H,1-4,8H2;2-6H,1H3;1H. The molecule has 0 aliphatic carbocycles. The van der Waals surface area contributed by atoms with Crippen LogP contribution in [0.1, 0.15) is 17.6 Å². The first-order valence-electron chi connectivity index (χ1n) is 8.76. The lowest BCUT2D eigenvalue weighted by Gasteiger charge is -2.26. The van der Waals surface area contributed by atoms with E-state index in [1.54, 1.807) is 0 Å². The lowest BCUT2D eigenvalue weighted by atomic mass is 10.1. The van der Waals surface area contributed by atoms with Crippen LogP contribution < -0.4 is 0 Å². The number of nitrogens with zero attached hydrogens (tertiary/aromatic N) is 3. The SMILES string of the molecule is Cn1cnc2ccccc21.Fc1cc(CN2CCOCC2)cc(C(F)F)c1.I. The number of fused-ring (bicyclic) bond motifs is 1.